The molecule has 0 spiro atoms. The quantitative estimate of drug-likeness (QED) is 0.640. The van der Waals surface area contributed by atoms with Crippen LogP contribution in [0.2, 0.25) is 0 Å². The summed E-state index contributed by atoms with van der Waals surface area (Å²) in [6.45, 7) is 3.50. The summed E-state index contributed by atoms with van der Waals surface area (Å²) in [4.78, 5) is 2.67. The first-order chi connectivity index (χ1) is 5.81. The molecule has 0 radical (unpaired) electrons. The fraction of sp³-hybridized carbons (Fsp3) is 1.00. The molecule has 0 aromatic rings. The van der Waals surface area contributed by atoms with Crippen molar-refractivity contribution in [2.75, 3.05) is 6.54 Å². The van der Waals surface area contributed by atoms with Crippen LogP contribution >= 0.6 is 0 Å². The van der Waals surface area contributed by atoms with Crippen LogP contribution in [0, 0.1) is 0 Å². The summed E-state index contributed by atoms with van der Waals surface area (Å²) in [5.41, 5.74) is 6.02. The summed E-state index contributed by atoms with van der Waals surface area (Å²) in [6.07, 6.45) is 6.68. The van der Waals surface area contributed by atoms with E-state index in [4.69, 9.17) is 5.73 Å². The van der Waals surface area contributed by atoms with Crippen molar-refractivity contribution in [1.29, 1.82) is 0 Å². The van der Waals surface area contributed by atoms with Gasteiger partial charge in [-0.2, -0.15) is 0 Å². The van der Waals surface area contributed by atoms with Crippen LogP contribution in [0.25, 0.3) is 0 Å². The molecule has 70 valence electrons. The lowest BCUT2D eigenvalue weighted by Gasteiger charge is -2.47. The Bertz CT molecular complexity index is 144. The first-order valence-corrected chi connectivity index (χ1v) is 5.32. The third-order valence-corrected chi connectivity index (χ3v) is 3.53. The van der Waals surface area contributed by atoms with E-state index >= 15 is 0 Å². The molecule has 1 unspecified atom stereocenters. The van der Waals surface area contributed by atoms with Crippen LogP contribution < -0.4 is 5.73 Å². The maximum absolute atomic E-state index is 6.02. The molecule has 0 aromatic heterocycles. The van der Waals surface area contributed by atoms with Gasteiger partial charge in [0.25, 0.3) is 0 Å². The van der Waals surface area contributed by atoms with Gasteiger partial charge >= 0.3 is 0 Å². The van der Waals surface area contributed by atoms with Crippen molar-refractivity contribution >= 4 is 0 Å². The third kappa shape index (κ3) is 1.38. The van der Waals surface area contributed by atoms with Crippen LogP contribution in [0.15, 0.2) is 0 Å². The molecule has 0 aromatic carbocycles. The Morgan fingerprint density at radius 3 is 2.33 bits per heavy atom. The van der Waals surface area contributed by atoms with Crippen molar-refractivity contribution in [2.24, 2.45) is 5.73 Å². The normalized spacial score (nSPS) is 43.0. The number of hydrogen-bond donors (Lipinski definition) is 1. The summed E-state index contributed by atoms with van der Waals surface area (Å²) >= 11 is 0. The summed E-state index contributed by atoms with van der Waals surface area (Å²) < 4.78 is 0. The molecule has 2 rings (SSSR count). The highest BCUT2D eigenvalue weighted by Gasteiger charge is 2.35. The molecule has 2 fully saturated rings. The lowest BCUT2D eigenvalue weighted by molar-refractivity contribution is 0.0367. The van der Waals surface area contributed by atoms with Gasteiger partial charge < -0.3 is 5.73 Å². The monoisotopic (exact) mass is 168 g/mol. The van der Waals surface area contributed by atoms with Crippen molar-refractivity contribution in [3.05, 3.63) is 0 Å². The van der Waals surface area contributed by atoms with E-state index in [1.165, 1.54) is 38.6 Å². The first kappa shape index (κ1) is 8.52. The number of rotatable bonds is 1. The fourth-order valence-electron chi connectivity index (χ4n) is 3.04. The molecule has 0 aliphatic carbocycles. The number of hydrogen-bond acceptors (Lipinski definition) is 2. The molecule has 2 heterocycles. The van der Waals surface area contributed by atoms with Crippen LogP contribution in [-0.4, -0.2) is 29.6 Å². The highest BCUT2D eigenvalue weighted by molar-refractivity contribution is 4.93. The molecule has 2 aliphatic heterocycles. The van der Waals surface area contributed by atoms with Gasteiger partial charge in [0.1, 0.15) is 0 Å². The number of nitrogens with two attached hydrogens (primary N) is 1. The second kappa shape index (κ2) is 3.35. The summed E-state index contributed by atoms with van der Waals surface area (Å²) in [7, 11) is 0. The molecule has 12 heavy (non-hydrogen) atoms. The van der Waals surface area contributed by atoms with Crippen molar-refractivity contribution in [2.45, 2.75) is 57.2 Å². The first-order valence-electron chi connectivity index (χ1n) is 5.32. The van der Waals surface area contributed by atoms with Crippen LogP contribution in [0.3, 0.4) is 0 Å². The standard InChI is InChI=1S/C10H20N2/c1-2-12-9-4-3-5-10(12)7-8(11)6-9/h8-10H,2-7,11H2,1H3/t8-,9+,10?/m0/s1. The van der Waals surface area contributed by atoms with E-state index < -0.39 is 0 Å². The van der Waals surface area contributed by atoms with E-state index in [1.54, 1.807) is 0 Å². The molecule has 2 aliphatic rings. The molecule has 2 nitrogen and oxygen atoms in total. The molecule has 2 heteroatoms. The average molecular weight is 168 g/mol. The molecule has 2 saturated heterocycles. The van der Waals surface area contributed by atoms with Crippen LogP contribution in [0.4, 0.5) is 0 Å². The Morgan fingerprint density at radius 1 is 1.25 bits per heavy atom. The Morgan fingerprint density at radius 2 is 1.83 bits per heavy atom. The van der Waals surface area contributed by atoms with Crippen molar-refractivity contribution in [3.8, 4) is 0 Å². The molecule has 3 atom stereocenters. The van der Waals surface area contributed by atoms with E-state index in [0.29, 0.717) is 6.04 Å². The smallest absolute Gasteiger partial charge is 0.0113 e. The van der Waals surface area contributed by atoms with Crippen LogP contribution in [0.1, 0.15) is 39.0 Å². The van der Waals surface area contributed by atoms with Crippen LogP contribution in [0.5, 0.6) is 0 Å². The Balaban J connectivity index is 2.06. The van der Waals surface area contributed by atoms with Gasteiger partial charge in [-0.1, -0.05) is 13.3 Å². The Kier molecular flexibility index (Phi) is 2.37. The maximum atomic E-state index is 6.02. The van der Waals surface area contributed by atoms with Crippen molar-refractivity contribution in [3.63, 3.8) is 0 Å². The third-order valence-electron chi connectivity index (χ3n) is 3.53. The van der Waals surface area contributed by atoms with E-state index in [-0.39, 0.29) is 0 Å². The zero-order chi connectivity index (χ0) is 8.55. The highest BCUT2D eigenvalue weighted by atomic mass is 15.2. The Labute approximate surface area is 75.1 Å². The van der Waals surface area contributed by atoms with E-state index in [2.05, 4.69) is 11.8 Å². The topological polar surface area (TPSA) is 29.3 Å². The van der Waals surface area contributed by atoms with E-state index in [9.17, 15) is 0 Å². The lowest BCUT2D eigenvalue weighted by atomic mass is 9.82. The minimum absolute atomic E-state index is 0.489. The van der Waals surface area contributed by atoms with Gasteiger partial charge in [-0.3, -0.25) is 4.90 Å². The van der Waals surface area contributed by atoms with Crippen molar-refractivity contribution in [1.82, 2.24) is 4.90 Å². The fourth-order valence-corrected chi connectivity index (χ4v) is 3.04. The molecular weight excluding hydrogens is 148 g/mol. The molecule has 0 amide bonds. The highest BCUT2D eigenvalue weighted by Crippen LogP contribution is 2.32. The molecule has 2 bridgehead atoms. The van der Waals surface area contributed by atoms with E-state index in [1.807, 2.05) is 0 Å². The number of fused-ring (bicyclic) bond motifs is 2. The maximum Gasteiger partial charge on any atom is 0.0113 e. The predicted molar refractivity (Wildman–Crippen MR) is 51.0 cm³/mol. The van der Waals surface area contributed by atoms with Crippen LogP contribution in [-0.2, 0) is 0 Å². The zero-order valence-corrected chi connectivity index (χ0v) is 8.00. The van der Waals surface area contributed by atoms with Gasteiger partial charge in [-0.25, -0.2) is 0 Å². The van der Waals surface area contributed by atoms with Gasteiger partial charge in [0.15, 0.2) is 0 Å². The molecular formula is C10H20N2. The number of piperidine rings is 2. The van der Waals surface area contributed by atoms with Gasteiger partial charge in [0.05, 0.1) is 0 Å². The van der Waals surface area contributed by atoms with Gasteiger partial charge in [0, 0.05) is 18.1 Å². The molecule has 2 N–H and O–H groups in total. The zero-order valence-electron chi connectivity index (χ0n) is 8.00. The van der Waals surface area contributed by atoms with Gasteiger partial charge in [-0.15, -0.1) is 0 Å². The number of nitrogens with zero attached hydrogens (tertiary/aromatic N) is 1. The summed E-state index contributed by atoms with van der Waals surface area (Å²) in [5, 5.41) is 0. The minimum Gasteiger partial charge on any atom is -0.328 e. The van der Waals surface area contributed by atoms with Gasteiger partial charge in [0.2, 0.25) is 0 Å². The van der Waals surface area contributed by atoms with Crippen molar-refractivity contribution < 1.29 is 0 Å². The second-order valence-corrected chi connectivity index (χ2v) is 4.30. The van der Waals surface area contributed by atoms with E-state index in [0.717, 1.165) is 12.1 Å². The summed E-state index contributed by atoms with van der Waals surface area (Å²) in [5.74, 6) is 0. The SMILES string of the molecule is CCN1C2CCC[C@@H]1C[C@H](N)C2. The lowest BCUT2D eigenvalue weighted by Crippen LogP contribution is -2.54. The largest absolute Gasteiger partial charge is 0.328 e. The Hall–Kier alpha value is -0.0800. The predicted octanol–water partition coefficient (Wildman–Crippen LogP) is 1.35. The minimum atomic E-state index is 0.489. The summed E-state index contributed by atoms with van der Waals surface area (Å²) in [6, 6.07) is 2.12. The van der Waals surface area contributed by atoms with Gasteiger partial charge in [-0.05, 0) is 32.2 Å². The average Bonchev–Trinajstić information content (AvgIpc) is 2.02. The molecule has 0 saturated carbocycles. The second-order valence-electron chi connectivity index (χ2n) is 4.30.